The summed E-state index contributed by atoms with van der Waals surface area (Å²) in [6.07, 6.45) is 1.94. The number of anilines is 1. The lowest BCUT2D eigenvalue weighted by molar-refractivity contribution is -0.104. The van der Waals surface area contributed by atoms with Gasteiger partial charge in [0.05, 0.1) is 0 Å². The molecule has 0 heterocycles. The topological polar surface area (TPSA) is 52.9 Å². The van der Waals surface area contributed by atoms with Gasteiger partial charge in [-0.05, 0) is 31.0 Å². The van der Waals surface area contributed by atoms with Crippen LogP contribution in [0.3, 0.4) is 0 Å². The van der Waals surface area contributed by atoms with Crippen LogP contribution < -0.4 is 5.32 Å². The normalized spacial score (nSPS) is 10.6. The molecular weight excluding hydrogens is 188 g/mol. The molecule has 0 bridgehead atoms. The van der Waals surface area contributed by atoms with Gasteiger partial charge in [-0.25, -0.2) is 0 Å². The molecule has 1 aromatic carbocycles. The van der Waals surface area contributed by atoms with Crippen molar-refractivity contribution in [1.82, 2.24) is 0 Å². The van der Waals surface area contributed by atoms with E-state index < -0.39 is 0 Å². The Balaban J connectivity index is 2.92. The van der Waals surface area contributed by atoms with Crippen molar-refractivity contribution < 1.29 is 4.79 Å². The third-order valence-electron chi connectivity index (χ3n) is 2.24. The predicted molar refractivity (Wildman–Crippen MR) is 59.3 cm³/mol. The van der Waals surface area contributed by atoms with E-state index in [0.717, 1.165) is 16.8 Å². The van der Waals surface area contributed by atoms with Crippen molar-refractivity contribution >= 4 is 12.0 Å². The lowest BCUT2D eigenvalue weighted by Crippen LogP contribution is -1.95. The Morgan fingerprint density at radius 2 is 2.20 bits per heavy atom. The van der Waals surface area contributed by atoms with Crippen molar-refractivity contribution in [3.8, 4) is 6.07 Å². The fourth-order valence-corrected chi connectivity index (χ4v) is 1.16. The molecule has 0 saturated carbocycles. The molecule has 0 radical (unpaired) electrons. The Morgan fingerprint density at radius 1 is 1.47 bits per heavy atom. The molecule has 1 rings (SSSR count). The largest absolute Gasteiger partial charge is 0.360 e. The van der Waals surface area contributed by atoms with Gasteiger partial charge in [0.2, 0.25) is 0 Å². The highest BCUT2D eigenvalue weighted by Gasteiger charge is 1.98. The van der Waals surface area contributed by atoms with E-state index in [1.54, 1.807) is 6.07 Å². The minimum Gasteiger partial charge on any atom is -0.360 e. The molecule has 0 saturated heterocycles. The Hall–Kier alpha value is -2.08. The van der Waals surface area contributed by atoms with E-state index in [0.29, 0.717) is 6.29 Å². The molecule has 3 nitrogen and oxygen atoms in total. The Morgan fingerprint density at radius 3 is 2.80 bits per heavy atom. The minimum absolute atomic E-state index is 0.0795. The second kappa shape index (κ2) is 4.97. The van der Waals surface area contributed by atoms with Crippen LogP contribution in [0.25, 0.3) is 0 Å². The highest BCUT2D eigenvalue weighted by Crippen LogP contribution is 2.17. The molecule has 76 valence electrons. The van der Waals surface area contributed by atoms with Crippen LogP contribution in [0.5, 0.6) is 0 Å². The van der Waals surface area contributed by atoms with Crippen LogP contribution in [-0.2, 0) is 4.79 Å². The molecular formula is C12H12N2O. The number of rotatable bonds is 3. The molecule has 1 N–H and O–H groups in total. The van der Waals surface area contributed by atoms with E-state index in [-0.39, 0.29) is 5.57 Å². The lowest BCUT2D eigenvalue weighted by atomic mass is 10.1. The van der Waals surface area contributed by atoms with Gasteiger partial charge in [0, 0.05) is 11.9 Å². The first kappa shape index (κ1) is 11.0. The van der Waals surface area contributed by atoms with Gasteiger partial charge in [-0.3, -0.25) is 4.79 Å². The molecule has 0 aliphatic rings. The second-order valence-electron chi connectivity index (χ2n) is 3.22. The number of allylic oxidation sites excluding steroid dienone is 1. The van der Waals surface area contributed by atoms with Crippen LogP contribution in [0.4, 0.5) is 5.69 Å². The summed E-state index contributed by atoms with van der Waals surface area (Å²) in [6.45, 7) is 3.99. The molecule has 0 fully saturated rings. The zero-order valence-corrected chi connectivity index (χ0v) is 8.74. The van der Waals surface area contributed by atoms with Crippen molar-refractivity contribution in [3.05, 3.63) is 41.1 Å². The Bertz CT molecular complexity index is 441. The molecule has 1 aromatic rings. The maximum Gasteiger partial charge on any atom is 0.162 e. The van der Waals surface area contributed by atoms with Gasteiger partial charge in [0.15, 0.2) is 6.29 Å². The maximum absolute atomic E-state index is 10.4. The van der Waals surface area contributed by atoms with Gasteiger partial charge < -0.3 is 5.32 Å². The van der Waals surface area contributed by atoms with Crippen LogP contribution >= 0.6 is 0 Å². The fourth-order valence-electron chi connectivity index (χ4n) is 1.16. The van der Waals surface area contributed by atoms with Crippen LogP contribution in [0.1, 0.15) is 11.1 Å². The van der Waals surface area contributed by atoms with E-state index in [2.05, 4.69) is 5.32 Å². The van der Waals surface area contributed by atoms with Crippen molar-refractivity contribution in [3.63, 3.8) is 0 Å². The van der Waals surface area contributed by atoms with Crippen molar-refractivity contribution in [2.45, 2.75) is 13.8 Å². The molecule has 15 heavy (non-hydrogen) atoms. The van der Waals surface area contributed by atoms with Gasteiger partial charge in [0.1, 0.15) is 11.6 Å². The number of hydrogen-bond donors (Lipinski definition) is 1. The van der Waals surface area contributed by atoms with Gasteiger partial charge in [-0.2, -0.15) is 5.26 Å². The summed E-state index contributed by atoms with van der Waals surface area (Å²) in [5, 5.41) is 11.5. The number of carbonyl (C=O) groups excluding carboxylic acids is 1. The zero-order chi connectivity index (χ0) is 11.3. The lowest BCUT2D eigenvalue weighted by Gasteiger charge is -2.07. The summed E-state index contributed by atoms with van der Waals surface area (Å²) in [7, 11) is 0. The standard InChI is InChI=1S/C12H12N2O/c1-9-4-3-5-12(10(9)2)14-7-11(6-13)8-15/h3-5,7-8,14H,1-2H3/b11-7+. The summed E-state index contributed by atoms with van der Waals surface area (Å²) in [6, 6.07) is 7.62. The van der Waals surface area contributed by atoms with Crippen LogP contribution in [0.2, 0.25) is 0 Å². The highest BCUT2D eigenvalue weighted by atomic mass is 16.1. The Kier molecular flexibility index (Phi) is 3.64. The van der Waals surface area contributed by atoms with Crippen molar-refractivity contribution in [2.24, 2.45) is 0 Å². The second-order valence-corrected chi connectivity index (χ2v) is 3.22. The average molecular weight is 200 g/mol. The minimum atomic E-state index is 0.0795. The molecule has 0 spiro atoms. The van der Waals surface area contributed by atoms with E-state index >= 15 is 0 Å². The van der Waals surface area contributed by atoms with Gasteiger partial charge >= 0.3 is 0 Å². The average Bonchev–Trinajstić information content (AvgIpc) is 2.25. The number of hydrogen-bond acceptors (Lipinski definition) is 3. The molecule has 0 amide bonds. The number of aryl methyl sites for hydroxylation is 1. The number of nitrogens with one attached hydrogen (secondary N) is 1. The van der Waals surface area contributed by atoms with Crippen molar-refractivity contribution in [2.75, 3.05) is 5.32 Å². The highest BCUT2D eigenvalue weighted by molar-refractivity contribution is 5.79. The summed E-state index contributed by atoms with van der Waals surface area (Å²) in [5.74, 6) is 0. The number of nitrogens with zero attached hydrogens (tertiary/aromatic N) is 1. The predicted octanol–water partition coefficient (Wildman–Crippen LogP) is 2.32. The van der Waals surface area contributed by atoms with E-state index in [9.17, 15) is 4.79 Å². The van der Waals surface area contributed by atoms with Crippen LogP contribution in [-0.4, -0.2) is 6.29 Å². The summed E-state index contributed by atoms with van der Waals surface area (Å²) >= 11 is 0. The molecule has 0 aliphatic carbocycles. The molecule has 0 aliphatic heterocycles. The van der Waals surface area contributed by atoms with E-state index in [1.165, 1.54) is 6.20 Å². The van der Waals surface area contributed by atoms with E-state index in [4.69, 9.17) is 5.26 Å². The van der Waals surface area contributed by atoms with Crippen molar-refractivity contribution in [1.29, 1.82) is 5.26 Å². The molecule has 3 heteroatoms. The summed E-state index contributed by atoms with van der Waals surface area (Å²) in [4.78, 5) is 10.4. The SMILES string of the molecule is Cc1cccc(N/C=C(\C#N)C=O)c1C. The first-order valence-corrected chi connectivity index (χ1v) is 4.57. The van der Waals surface area contributed by atoms with Gasteiger partial charge in [0.25, 0.3) is 0 Å². The van der Waals surface area contributed by atoms with Gasteiger partial charge in [-0.1, -0.05) is 12.1 Å². The maximum atomic E-state index is 10.4. The summed E-state index contributed by atoms with van der Waals surface area (Å²) < 4.78 is 0. The number of aldehydes is 1. The monoisotopic (exact) mass is 200 g/mol. The smallest absolute Gasteiger partial charge is 0.162 e. The quantitative estimate of drug-likeness (QED) is 0.463. The number of carbonyl (C=O) groups is 1. The molecule has 0 aromatic heterocycles. The molecule has 0 unspecified atom stereocenters. The number of benzene rings is 1. The Labute approximate surface area is 89.0 Å². The third kappa shape index (κ3) is 2.68. The van der Waals surface area contributed by atoms with Crippen LogP contribution in [0, 0.1) is 25.2 Å². The van der Waals surface area contributed by atoms with E-state index in [1.807, 2.05) is 32.0 Å². The fraction of sp³-hybridized carbons (Fsp3) is 0.167. The first-order valence-electron chi connectivity index (χ1n) is 4.57. The first-order chi connectivity index (χ1) is 7.19. The van der Waals surface area contributed by atoms with Gasteiger partial charge in [-0.15, -0.1) is 0 Å². The zero-order valence-electron chi connectivity index (χ0n) is 8.74. The molecule has 0 atom stereocenters. The number of nitriles is 1. The van der Waals surface area contributed by atoms with Crippen LogP contribution in [0.15, 0.2) is 30.0 Å². The summed E-state index contributed by atoms with van der Waals surface area (Å²) in [5.41, 5.74) is 3.26. The third-order valence-corrected chi connectivity index (χ3v) is 2.24.